The van der Waals surface area contributed by atoms with Crippen LogP contribution in [0.5, 0.6) is 0 Å². The first kappa shape index (κ1) is 12.6. The molecule has 0 fully saturated rings. The van der Waals surface area contributed by atoms with E-state index >= 15 is 0 Å². The summed E-state index contributed by atoms with van der Waals surface area (Å²) in [7, 11) is 0. The Morgan fingerprint density at radius 3 is 2.62 bits per heavy atom. The zero-order valence-corrected chi connectivity index (χ0v) is 9.56. The molecule has 0 bridgehead atoms. The highest BCUT2D eigenvalue weighted by atomic mass is 16.7. The Morgan fingerprint density at radius 2 is 2.00 bits per heavy atom. The lowest BCUT2D eigenvalue weighted by atomic mass is 9.96. The predicted molar refractivity (Wildman–Crippen MR) is 62.7 cm³/mol. The van der Waals surface area contributed by atoms with Crippen LogP contribution in [0.3, 0.4) is 0 Å². The van der Waals surface area contributed by atoms with Crippen molar-refractivity contribution in [1.82, 2.24) is 0 Å². The molecule has 0 aliphatic carbocycles. The number of carbonyl (C=O) groups is 1. The van der Waals surface area contributed by atoms with Crippen molar-refractivity contribution < 1.29 is 14.6 Å². The van der Waals surface area contributed by atoms with Crippen molar-refractivity contribution >= 4 is 6.16 Å². The number of hydrogen-bond donors (Lipinski definition) is 1. The van der Waals surface area contributed by atoms with Gasteiger partial charge in [0.05, 0.1) is 6.61 Å². The van der Waals surface area contributed by atoms with Crippen LogP contribution in [-0.4, -0.2) is 17.9 Å². The van der Waals surface area contributed by atoms with Crippen LogP contribution in [-0.2, 0) is 4.74 Å². The lowest BCUT2D eigenvalue weighted by molar-refractivity contribution is 0.0899. The molecule has 1 aromatic rings. The number of carboxylic acid groups (broad SMARTS) is 1. The average molecular weight is 222 g/mol. The first-order chi connectivity index (χ1) is 7.70. The molecule has 0 radical (unpaired) electrons. The Kier molecular flexibility index (Phi) is 5.40. The van der Waals surface area contributed by atoms with Crippen LogP contribution in [0.2, 0.25) is 0 Å². The number of ether oxygens (including phenoxy) is 1. The highest BCUT2D eigenvalue weighted by molar-refractivity contribution is 5.56. The first-order valence-electron chi connectivity index (χ1n) is 5.61. The smallest absolute Gasteiger partial charge is 0.450 e. The molecule has 1 N–H and O–H groups in total. The van der Waals surface area contributed by atoms with E-state index in [9.17, 15) is 4.79 Å². The third kappa shape index (κ3) is 4.82. The molecule has 1 rings (SSSR count). The minimum atomic E-state index is -1.18. The van der Waals surface area contributed by atoms with Gasteiger partial charge in [-0.25, -0.2) is 4.79 Å². The van der Waals surface area contributed by atoms with Gasteiger partial charge in [-0.2, -0.15) is 0 Å². The zero-order chi connectivity index (χ0) is 11.8. The molecule has 16 heavy (non-hydrogen) atoms. The summed E-state index contributed by atoms with van der Waals surface area (Å²) in [4.78, 5) is 10.1. The Labute approximate surface area is 96.1 Å². The maximum atomic E-state index is 10.1. The van der Waals surface area contributed by atoms with Crippen LogP contribution >= 0.6 is 0 Å². The van der Waals surface area contributed by atoms with E-state index in [0.717, 1.165) is 19.3 Å². The van der Waals surface area contributed by atoms with Crippen LogP contribution < -0.4 is 0 Å². The van der Waals surface area contributed by atoms with E-state index in [0.29, 0.717) is 12.5 Å². The molecule has 0 saturated carbocycles. The van der Waals surface area contributed by atoms with E-state index < -0.39 is 6.16 Å². The summed E-state index contributed by atoms with van der Waals surface area (Å²) < 4.78 is 4.45. The fraction of sp³-hybridized carbons (Fsp3) is 0.462. The molecule has 0 spiro atoms. The summed E-state index contributed by atoms with van der Waals surface area (Å²) >= 11 is 0. The summed E-state index contributed by atoms with van der Waals surface area (Å²) in [6, 6.07) is 10.3. The summed E-state index contributed by atoms with van der Waals surface area (Å²) in [6.07, 6.45) is 1.66. The summed E-state index contributed by atoms with van der Waals surface area (Å²) in [5.74, 6) is 0.519. The molecule has 0 aliphatic rings. The van der Waals surface area contributed by atoms with Crippen molar-refractivity contribution in [3.05, 3.63) is 35.9 Å². The highest BCUT2D eigenvalue weighted by Gasteiger charge is 2.04. The SMILES string of the molecule is CC(CCCCOC(=O)O)c1ccccc1. The van der Waals surface area contributed by atoms with Crippen LogP contribution in [0.1, 0.15) is 37.7 Å². The van der Waals surface area contributed by atoms with Gasteiger partial charge in [0.25, 0.3) is 0 Å². The molecule has 0 saturated heterocycles. The average Bonchev–Trinajstić information content (AvgIpc) is 2.29. The molecule has 88 valence electrons. The maximum Gasteiger partial charge on any atom is 0.505 e. The molecular formula is C13H18O3. The van der Waals surface area contributed by atoms with Gasteiger partial charge in [-0.15, -0.1) is 0 Å². The molecule has 1 atom stereocenters. The molecule has 1 unspecified atom stereocenters. The lowest BCUT2D eigenvalue weighted by Crippen LogP contribution is -2.02. The fourth-order valence-corrected chi connectivity index (χ4v) is 1.66. The van der Waals surface area contributed by atoms with E-state index in [2.05, 4.69) is 23.8 Å². The van der Waals surface area contributed by atoms with Gasteiger partial charge in [0.15, 0.2) is 0 Å². The minimum Gasteiger partial charge on any atom is -0.450 e. The van der Waals surface area contributed by atoms with Gasteiger partial charge in [0.1, 0.15) is 0 Å². The normalized spacial score (nSPS) is 12.1. The molecule has 1 aromatic carbocycles. The topological polar surface area (TPSA) is 46.5 Å². The molecular weight excluding hydrogens is 204 g/mol. The summed E-state index contributed by atoms with van der Waals surface area (Å²) in [6.45, 7) is 2.49. The van der Waals surface area contributed by atoms with Crippen molar-refractivity contribution in [2.24, 2.45) is 0 Å². The molecule has 3 heteroatoms. The predicted octanol–water partition coefficient (Wildman–Crippen LogP) is 3.66. The Bertz CT molecular complexity index is 308. The quantitative estimate of drug-likeness (QED) is 0.590. The van der Waals surface area contributed by atoms with Gasteiger partial charge in [0.2, 0.25) is 0 Å². The Hall–Kier alpha value is -1.51. The van der Waals surface area contributed by atoms with Gasteiger partial charge in [0, 0.05) is 0 Å². The lowest BCUT2D eigenvalue weighted by Gasteiger charge is -2.11. The maximum absolute atomic E-state index is 10.1. The van der Waals surface area contributed by atoms with Gasteiger partial charge in [-0.1, -0.05) is 37.3 Å². The Balaban J connectivity index is 2.16. The largest absolute Gasteiger partial charge is 0.505 e. The van der Waals surface area contributed by atoms with Crippen molar-refractivity contribution in [2.45, 2.75) is 32.1 Å². The van der Waals surface area contributed by atoms with Crippen molar-refractivity contribution in [3.8, 4) is 0 Å². The van der Waals surface area contributed by atoms with Gasteiger partial charge in [-0.3, -0.25) is 0 Å². The summed E-state index contributed by atoms with van der Waals surface area (Å²) in [5, 5.41) is 8.28. The zero-order valence-electron chi connectivity index (χ0n) is 9.56. The summed E-state index contributed by atoms with van der Waals surface area (Å²) in [5.41, 5.74) is 1.33. The van der Waals surface area contributed by atoms with Crippen LogP contribution in [0.15, 0.2) is 30.3 Å². The van der Waals surface area contributed by atoms with Gasteiger partial charge < -0.3 is 9.84 Å². The number of unbranched alkanes of at least 4 members (excludes halogenated alkanes) is 1. The van der Waals surface area contributed by atoms with Crippen molar-refractivity contribution in [3.63, 3.8) is 0 Å². The third-order valence-corrected chi connectivity index (χ3v) is 2.63. The molecule has 0 heterocycles. The van der Waals surface area contributed by atoms with E-state index in [1.165, 1.54) is 5.56 Å². The van der Waals surface area contributed by atoms with E-state index in [1.54, 1.807) is 0 Å². The van der Waals surface area contributed by atoms with Gasteiger partial charge >= 0.3 is 6.16 Å². The van der Waals surface area contributed by atoms with Crippen molar-refractivity contribution in [2.75, 3.05) is 6.61 Å². The minimum absolute atomic E-state index is 0.302. The molecule has 3 nitrogen and oxygen atoms in total. The second-order valence-electron chi connectivity index (χ2n) is 3.92. The monoisotopic (exact) mass is 222 g/mol. The highest BCUT2D eigenvalue weighted by Crippen LogP contribution is 2.20. The number of hydrogen-bond acceptors (Lipinski definition) is 2. The second-order valence-corrected chi connectivity index (χ2v) is 3.92. The molecule has 0 amide bonds. The molecule has 0 aromatic heterocycles. The van der Waals surface area contributed by atoms with Crippen molar-refractivity contribution in [1.29, 1.82) is 0 Å². The van der Waals surface area contributed by atoms with E-state index in [1.807, 2.05) is 18.2 Å². The van der Waals surface area contributed by atoms with Gasteiger partial charge in [-0.05, 0) is 30.7 Å². The fourth-order valence-electron chi connectivity index (χ4n) is 1.66. The Morgan fingerprint density at radius 1 is 1.31 bits per heavy atom. The second kappa shape index (κ2) is 6.88. The van der Waals surface area contributed by atoms with E-state index in [4.69, 9.17) is 5.11 Å². The molecule has 0 aliphatic heterocycles. The number of benzene rings is 1. The third-order valence-electron chi connectivity index (χ3n) is 2.63. The van der Waals surface area contributed by atoms with E-state index in [-0.39, 0.29) is 0 Å². The van der Waals surface area contributed by atoms with Crippen LogP contribution in [0, 0.1) is 0 Å². The van der Waals surface area contributed by atoms with Crippen LogP contribution in [0.25, 0.3) is 0 Å². The first-order valence-corrected chi connectivity index (χ1v) is 5.61. The van der Waals surface area contributed by atoms with Crippen LogP contribution in [0.4, 0.5) is 4.79 Å². The number of rotatable bonds is 6. The standard InChI is InChI=1S/C13H18O3/c1-11(12-8-3-2-4-9-12)7-5-6-10-16-13(14)15/h2-4,8-9,11H,5-7,10H2,1H3,(H,14,15).